The van der Waals surface area contributed by atoms with E-state index in [0.717, 1.165) is 12.1 Å². The summed E-state index contributed by atoms with van der Waals surface area (Å²) in [6.07, 6.45) is 0. The Labute approximate surface area is 186 Å². The van der Waals surface area contributed by atoms with Gasteiger partial charge in [0, 0.05) is 23.2 Å². The van der Waals surface area contributed by atoms with E-state index in [4.69, 9.17) is 26.2 Å². The van der Waals surface area contributed by atoms with E-state index in [1.807, 2.05) is 18.2 Å². The summed E-state index contributed by atoms with van der Waals surface area (Å²) in [5.41, 5.74) is 1.54. The van der Waals surface area contributed by atoms with Gasteiger partial charge in [0.1, 0.15) is 11.6 Å². The molecule has 0 aliphatic rings. The number of aliphatic hydroxyl groups excluding tert-OH is 1. The van der Waals surface area contributed by atoms with Gasteiger partial charge in [-0.1, -0.05) is 29.8 Å². The van der Waals surface area contributed by atoms with Gasteiger partial charge in [0.15, 0.2) is 17.2 Å². The normalized spacial score (nSPS) is 11.1. The molecule has 0 unspecified atom stereocenters. The van der Waals surface area contributed by atoms with Crippen molar-refractivity contribution in [3.05, 3.63) is 59.1 Å². The van der Waals surface area contributed by atoms with Gasteiger partial charge in [-0.3, -0.25) is 5.10 Å². The predicted molar refractivity (Wildman–Crippen MR) is 115 cm³/mol. The number of rotatable bonds is 9. The number of hydrogen-bond acceptors (Lipinski definition) is 7. The fraction of sp³-hybridized carbons (Fsp3) is 0.190. The number of hydrogen-bond donors (Lipinski definition) is 3. The van der Waals surface area contributed by atoms with Gasteiger partial charge in [-0.25, -0.2) is 8.78 Å². The lowest BCUT2D eigenvalue weighted by atomic mass is 10.1. The summed E-state index contributed by atoms with van der Waals surface area (Å²) in [6, 6.07) is 9.94. The van der Waals surface area contributed by atoms with Crippen molar-refractivity contribution in [2.45, 2.75) is 0 Å². The number of nitrogens with one attached hydrogen (secondary N) is 2. The lowest BCUT2D eigenvalue weighted by Crippen LogP contribution is -2.13. The van der Waals surface area contributed by atoms with Crippen LogP contribution in [0.2, 0.25) is 5.02 Å². The summed E-state index contributed by atoms with van der Waals surface area (Å²) in [5, 5.41) is 20.1. The molecule has 8 nitrogen and oxygen atoms in total. The first-order chi connectivity index (χ1) is 15.6. The molecule has 0 bridgehead atoms. The van der Waals surface area contributed by atoms with Crippen LogP contribution in [0.4, 0.5) is 14.6 Å². The highest BCUT2D eigenvalue weighted by molar-refractivity contribution is 6.33. The van der Waals surface area contributed by atoms with Crippen molar-refractivity contribution in [1.29, 1.82) is 0 Å². The lowest BCUT2D eigenvalue weighted by molar-refractivity contribution is 0.0992. The van der Waals surface area contributed by atoms with E-state index in [1.54, 1.807) is 6.07 Å². The lowest BCUT2D eigenvalue weighted by Gasteiger charge is -2.11. The Hall–Kier alpha value is -3.34. The van der Waals surface area contributed by atoms with Crippen LogP contribution in [0.1, 0.15) is 0 Å². The Kier molecular flexibility index (Phi) is 6.74. The van der Waals surface area contributed by atoms with Gasteiger partial charge in [0.25, 0.3) is 0 Å². The van der Waals surface area contributed by atoms with E-state index in [0.29, 0.717) is 46.7 Å². The molecule has 4 rings (SSSR count). The molecule has 0 aliphatic heterocycles. The molecule has 166 valence electrons. The number of anilines is 1. The van der Waals surface area contributed by atoms with Crippen LogP contribution in [0.25, 0.3) is 22.3 Å². The summed E-state index contributed by atoms with van der Waals surface area (Å²) in [6.45, 7) is 0.769. The maximum Gasteiger partial charge on any atom is 0.326 e. The van der Waals surface area contributed by atoms with Crippen molar-refractivity contribution < 1.29 is 23.4 Å². The van der Waals surface area contributed by atoms with Crippen LogP contribution in [-0.4, -0.2) is 51.6 Å². The molecular weight excluding hydrogens is 444 g/mol. The van der Waals surface area contributed by atoms with E-state index in [2.05, 4.69) is 25.5 Å². The van der Waals surface area contributed by atoms with Crippen molar-refractivity contribution in [2.24, 2.45) is 0 Å². The third-order valence-electron chi connectivity index (χ3n) is 4.41. The zero-order valence-electron chi connectivity index (χ0n) is 16.6. The minimum atomic E-state index is -0.889. The molecule has 0 fully saturated rings. The summed E-state index contributed by atoms with van der Waals surface area (Å²) < 4.78 is 37.9. The molecule has 11 heteroatoms. The largest absolute Gasteiger partial charge is 0.421 e. The minimum absolute atomic E-state index is 0.0860. The highest BCUT2D eigenvalue weighted by Gasteiger charge is 2.19. The van der Waals surface area contributed by atoms with Gasteiger partial charge in [-0.2, -0.15) is 15.1 Å². The first kappa shape index (κ1) is 21.9. The van der Waals surface area contributed by atoms with Gasteiger partial charge in [0.2, 0.25) is 0 Å². The van der Waals surface area contributed by atoms with Crippen molar-refractivity contribution in [2.75, 3.05) is 31.7 Å². The van der Waals surface area contributed by atoms with Crippen molar-refractivity contribution in [1.82, 2.24) is 20.2 Å². The maximum atomic E-state index is 14.0. The van der Waals surface area contributed by atoms with Crippen molar-refractivity contribution >= 4 is 28.5 Å². The number of halogens is 3. The smallest absolute Gasteiger partial charge is 0.326 e. The third-order valence-corrected chi connectivity index (χ3v) is 4.74. The minimum Gasteiger partial charge on any atom is -0.421 e. The van der Waals surface area contributed by atoms with Gasteiger partial charge >= 0.3 is 6.01 Å². The second kappa shape index (κ2) is 9.86. The monoisotopic (exact) mass is 461 g/mol. The third kappa shape index (κ3) is 4.77. The number of ether oxygens (including phenoxy) is 2. The van der Waals surface area contributed by atoms with Crippen LogP contribution in [-0.2, 0) is 4.74 Å². The number of nitrogens with zero attached hydrogens (tertiary/aromatic N) is 3. The van der Waals surface area contributed by atoms with E-state index in [1.165, 1.54) is 0 Å². The predicted octanol–water partition coefficient (Wildman–Crippen LogP) is 4.16. The molecule has 0 saturated heterocycles. The van der Waals surface area contributed by atoms with Gasteiger partial charge in [-0.15, -0.1) is 0 Å². The number of fused-ring (bicyclic) bond motifs is 1. The van der Waals surface area contributed by atoms with Crippen LogP contribution in [0, 0.1) is 11.6 Å². The number of aromatic amines is 1. The zero-order valence-corrected chi connectivity index (χ0v) is 17.4. The molecule has 0 aliphatic carbocycles. The van der Waals surface area contributed by atoms with Gasteiger partial charge in [-0.05, 0) is 18.2 Å². The second-order valence-corrected chi connectivity index (χ2v) is 6.98. The molecule has 0 atom stereocenters. The first-order valence-electron chi connectivity index (χ1n) is 9.63. The summed E-state index contributed by atoms with van der Waals surface area (Å²) >= 11 is 6.35. The Bertz CT molecular complexity index is 1240. The van der Waals surface area contributed by atoms with E-state index in [9.17, 15) is 8.78 Å². The molecule has 3 N–H and O–H groups in total. The van der Waals surface area contributed by atoms with Crippen molar-refractivity contribution in [3.8, 4) is 23.0 Å². The highest BCUT2D eigenvalue weighted by Crippen LogP contribution is 2.35. The van der Waals surface area contributed by atoms with Crippen LogP contribution in [0.5, 0.6) is 11.8 Å². The van der Waals surface area contributed by atoms with E-state index >= 15 is 0 Å². The molecule has 4 aromatic rings. The number of aliphatic hydroxyl groups is 1. The average Bonchev–Trinajstić information content (AvgIpc) is 3.20. The standard InChI is InChI=1S/C21H18ClF2N5O3/c22-14-4-2-1-3-13(14)18-17-19(25-7-9-31-10-8-30)26-21(27-20(17)29-28-18)32-16-6-5-12(23)11-15(16)24/h1-6,11,30H,7-10H2,(H2,25,26,27,28,29). The number of benzene rings is 2. The second-order valence-electron chi connectivity index (χ2n) is 6.57. The zero-order chi connectivity index (χ0) is 22.5. The Morgan fingerprint density at radius 2 is 1.94 bits per heavy atom. The van der Waals surface area contributed by atoms with Crippen LogP contribution >= 0.6 is 11.6 Å². The number of H-pyrrole nitrogens is 1. The Morgan fingerprint density at radius 1 is 1.09 bits per heavy atom. The summed E-state index contributed by atoms with van der Waals surface area (Å²) in [5.74, 6) is -1.50. The molecule has 0 radical (unpaired) electrons. The van der Waals surface area contributed by atoms with E-state index < -0.39 is 11.6 Å². The van der Waals surface area contributed by atoms with Crippen LogP contribution in [0.3, 0.4) is 0 Å². The number of aromatic nitrogens is 4. The van der Waals surface area contributed by atoms with Crippen molar-refractivity contribution in [3.63, 3.8) is 0 Å². The maximum absolute atomic E-state index is 14.0. The van der Waals surface area contributed by atoms with Crippen LogP contribution < -0.4 is 10.1 Å². The topological polar surface area (TPSA) is 105 Å². The average molecular weight is 462 g/mol. The first-order valence-corrected chi connectivity index (χ1v) is 10.0. The van der Waals surface area contributed by atoms with Gasteiger partial charge < -0.3 is 19.9 Å². The Morgan fingerprint density at radius 3 is 2.72 bits per heavy atom. The summed E-state index contributed by atoms with van der Waals surface area (Å²) in [4.78, 5) is 8.60. The molecule has 0 saturated carbocycles. The summed E-state index contributed by atoms with van der Waals surface area (Å²) in [7, 11) is 0. The highest BCUT2D eigenvalue weighted by atomic mass is 35.5. The SMILES string of the molecule is OCCOCCNc1nc(Oc2ccc(F)cc2F)nc2n[nH]c(-c3ccccc3Cl)c12. The molecule has 0 amide bonds. The molecule has 0 spiro atoms. The molecule has 2 aromatic heterocycles. The fourth-order valence-electron chi connectivity index (χ4n) is 3.00. The van der Waals surface area contributed by atoms with Gasteiger partial charge in [0.05, 0.1) is 30.9 Å². The molecule has 2 heterocycles. The quantitative estimate of drug-likeness (QED) is 0.321. The molecule has 32 heavy (non-hydrogen) atoms. The molecular formula is C21H18ClF2N5O3. The van der Waals surface area contributed by atoms with E-state index in [-0.39, 0.29) is 30.6 Å². The fourth-order valence-corrected chi connectivity index (χ4v) is 3.23. The van der Waals surface area contributed by atoms with Crippen LogP contribution in [0.15, 0.2) is 42.5 Å². The molecule has 2 aromatic carbocycles. The Balaban J connectivity index is 1.73.